The van der Waals surface area contributed by atoms with E-state index >= 15 is 0 Å². The van der Waals surface area contributed by atoms with Crippen molar-refractivity contribution in [2.45, 2.75) is 69.9 Å². The molecule has 0 aliphatic carbocycles. The predicted octanol–water partition coefficient (Wildman–Crippen LogP) is 0.372. The fourth-order valence-electron chi connectivity index (χ4n) is 5.22. The molecule has 14 nitrogen and oxygen atoms in total. The molecule has 51 heavy (non-hydrogen) atoms. The second kappa shape index (κ2) is 19.6. The van der Waals surface area contributed by atoms with Gasteiger partial charge < -0.3 is 42.6 Å². The molecule has 3 aromatic rings. The average molecular weight is 703 g/mol. The molecule has 0 aliphatic rings. The number of carbonyl (C=O) groups excluding carboxylic acids is 6. The van der Waals surface area contributed by atoms with E-state index in [0.717, 1.165) is 5.56 Å². The Morgan fingerprint density at radius 3 is 1.65 bits per heavy atom. The predicted molar refractivity (Wildman–Crippen MR) is 188 cm³/mol. The summed E-state index contributed by atoms with van der Waals surface area (Å²) >= 11 is 0. The molecule has 0 fully saturated rings. The first-order valence-corrected chi connectivity index (χ1v) is 16.5. The molecule has 9 N–H and O–H groups in total. The van der Waals surface area contributed by atoms with Crippen molar-refractivity contribution >= 4 is 35.5 Å². The number of primary amides is 1. The third-order valence-corrected chi connectivity index (χ3v) is 7.99. The molecule has 0 spiro atoms. The Morgan fingerprint density at radius 1 is 0.667 bits per heavy atom. The van der Waals surface area contributed by atoms with Gasteiger partial charge in [0.25, 0.3) is 0 Å². The maximum absolute atomic E-state index is 14.2. The smallest absolute Gasteiger partial charge is 0.328 e. The topological polar surface area (TPSA) is 232 Å². The van der Waals surface area contributed by atoms with Gasteiger partial charge in [-0.1, -0.05) is 105 Å². The zero-order valence-corrected chi connectivity index (χ0v) is 28.8. The zero-order valence-electron chi connectivity index (χ0n) is 28.8. The standard InChI is InChI=1S/C37H46N6O8/c1-22(2)31(42-34(47)28(19-29(39)45)41-33(46)27(38)20-44)35(48)43-32(30(25-15-9-5-10-16-25)26-17-11-6-12-18-26)36(49)40-23(3)37(50)51-21-24-13-7-4-8-14-24/h4-18,22-23,27-28,30-32,44H,19-21,38H2,1-3H3,(H2,39,45)(H,40,49)(H,41,46)(H,42,47)(H,43,48)/t23-,27-,28-,31-,32-/m0/s1. The first-order valence-electron chi connectivity index (χ1n) is 16.5. The van der Waals surface area contributed by atoms with Crippen LogP contribution in [0.3, 0.4) is 0 Å². The summed E-state index contributed by atoms with van der Waals surface area (Å²) in [6, 6.07) is 20.5. The van der Waals surface area contributed by atoms with Gasteiger partial charge in [-0.15, -0.1) is 0 Å². The minimum atomic E-state index is -1.51. The van der Waals surface area contributed by atoms with Crippen molar-refractivity contribution in [3.05, 3.63) is 108 Å². The molecule has 0 unspecified atom stereocenters. The van der Waals surface area contributed by atoms with Gasteiger partial charge in [-0.25, -0.2) is 4.79 Å². The molecule has 3 rings (SSSR count). The van der Waals surface area contributed by atoms with E-state index in [9.17, 15) is 33.9 Å². The summed E-state index contributed by atoms with van der Waals surface area (Å²) in [5.41, 5.74) is 13.0. The number of rotatable bonds is 18. The second-order valence-electron chi connectivity index (χ2n) is 12.4. The number of ether oxygens (including phenoxy) is 1. The Morgan fingerprint density at radius 2 is 1.16 bits per heavy atom. The number of aliphatic hydroxyl groups excluding tert-OH is 1. The average Bonchev–Trinajstić information content (AvgIpc) is 3.12. The first kappa shape index (κ1) is 39.8. The fourth-order valence-corrected chi connectivity index (χ4v) is 5.22. The van der Waals surface area contributed by atoms with Gasteiger partial charge in [0.2, 0.25) is 29.5 Å². The molecule has 14 heteroatoms. The van der Waals surface area contributed by atoms with Gasteiger partial charge in [0, 0.05) is 5.92 Å². The van der Waals surface area contributed by atoms with Crippen molar-refractivity contribution in [1.82, 2.24) is 21.3 Å². The zero-order chi connectivity index (χ0) is 37.5. The minimum absolute atomic E-state index is 0.00436. The Bertz CT molecular complexity index is 1580. The highest BCUT2D eigenvalue weighted by molar-refractivity contribution is 5.97. The highest BCUT2D eigenvalue weighted by Gasteiger charge is 2.37. The SMILES string of the molecule is CC(C)[C@H](NC(=O)[C@H](CC(N)=O)NC(=O)[C@@H](N)CO)C(=O)N[C@H](C(=O)N[C@@H](C)C(=O)OCc1ccccc1)C(c1ccccc1)c1ccccc1. The van der Waals surface area contributed by atoms with Crippen molar-refractivity contribution in [2.75, 3.05) is 6.61 Å². The monoisotopic (exact) mass is 702 g/mol. The van der Waals surface area contributed by atoms with E-state index in [1.165, 1.54) is 6.92 Å². The summed E-state index contributed by atoms with van der Waals surface area (Å²) in [5.74, 6) is -6.20. The van der Waals surface area contributed by atoms with Crippen LogP contribution in [0.1, 0.15) is 49.8 Å². The van der Waals surface area contributed by atoms with E-state index in [-0.39, 0.29) is 6.61 Å². The number of hydrogen-bond acceptors (Lipinski definition) is 9. The molecule has 0 saturated carbocycles. The van der Waals surface area contributed by atoms with Crippen LogP contribution in [0.25, 0.3) is 0 Å². The largest absolute Gasteiger partial charge is 0.459 e. The number of aliphatic hydroxyl groups is 1. The molecule has 0 radical (unpaired) electrons. The Kier molecular flexibility index (Phi) is 15.3. The lowest BCUT2D eigenvalue weighted by Gasteiger charge is -2.32. The molecule has 3 aromatic carbocycles. The van der Waals surface area contributed by atoms with Crippen molar-refractivity contribution in [2.24, 2.45) is 17.4 Å². The van der Waals surface area contributed by atoms with Crippen LogP contribution in [0.4, 0.5) is 0 Å². The molecule has 0 bridgehead atoms. The van der Waals surface area contributed by atoms with Gasteiger partial charge in [-0.3, -0.25) is 24.0 Å². The molecule has 272 valence electrons. The van der Waals surface area contributed by atoms with E-state index < -0.39 is 90.6 Å². The van der Waals surface area contributed by atoms with Crippen LogP contribution in [0.15, 0.2) is 91.0 Å². The number of esters is 1. The Labute approximate surface area is 296 Å². The van der Waals surface area contributed by atoms with Gasteiger partial charge in [0.05, 0.1) is 13.0 Å². The van der Waals surface area contributed by atoms with Gasteiger partial charge in [0.15, 0.2) is 0 Å². The molecule has 0 aliphatic heterocycles. The number of hydrogen-bond donors (Lipinski definition) is 7. The van der Waals surface area contributed by atoms with Crippen LogP contribution in [0, 0.1) is 5.92 Å². The summed E-state index contributed by atoms with van der Waals surface area (Å²) < 4.78 is 5.42. The number of amides is 5. The number of nitrogens with one attached hydrogen (secondary N) is 4. The molecule has 0 heterocycles. The van der Waals surface area contributed by atoms with Crippen LogP contribution in [-0.4, -0.2) is 77.4 Å². The van der Waals surface area contributed by atoms with E-state index in [1.807, 2.05) is 30.3 Å². The van der Waals surface area contributed by atoms with Gasteiger partial charge in [-0.05, 0) is 29.5 Å². The van der Waals surface area contributed by atoms with E-state index in [2.05, 4.69) is 21.3 Å². The molecule has 0 saturated heterocycles. The molecular weight excluding hydrogens is 656 g/mol. The van der Waals surface area contributed by atoms with Crippen molar-refractivity contribution in [3.8, 4) is 0 Å². The van der Waals surface area contributed by atoms with E-state index in [4.69, 9.17) is 16.2 Å². The van der Waals surface area contributed by atoms with Crippen molar-refractivity contribution < 1.29 is 38.6 Å². The van der Waals surface area contributed by atoms with Crippen LogP contribution in [0.5, 0.6) is 0 Å². The van der Waals surface area contributed by atoms with E-state index in [1.54, 1.807) is 74.5 Å². The maximum atomic E-state index is 14.2. The van der Waals surface area contributed by atoms with Crippen molar-refractivity contribution in [1.29, 1.82) is 0 Å². The summed E-state index contributed by atoms with van der Waals surface area (Å²) in [4.78, 5) is 78.7. The summed E-state index contributed by atoms with van der Waals surface area (Å²) in [7, 11) is 0. The number of nitrogens with two attached hydrogens (primary N) is 2. The van der Waals surface area contributed by atoms with Gasteiger partial charge >= 0.3 is 5.97 Å². The van der Waals surface area contributed by atoms with Crippen molar-refractivity contribution in [3.63, 3.8) is 0 Å². The summed E-state index contributed by atoms with van der Waals surface area (Å²) in [5, 5.41) is 19.6. The highest BCUT2D eigenvalue weighted by Crippen LogP contribution is 2.29. The lowest BCUT2D eigenvalue weighted by Crippen LogP contribution is -2.61. The summed E-state index contributed by atoms with van der Waals surface area (Å²) in [6.45, 7) is 4.05. The summed E-state index contributed by atoms with van der Waals surface area (Å²) in [6.07, 6.45) is -0.616. The van der Waals surface area contributed by atoms with Crippen LogP contribution >= 0.6 is 0 Å². The maximum Gasteiger partial charge on any atom is 0.328 e. The quantitative estimate of drug-likeness (QED) is 0.0907. The molecular formula is C37H46N6O8. The first-order chi connectivity index (χ1) is 24.3. The highest BCUT2D eigenvalue weighted by atomic mass is 16.5. The number of carbonyl (C=O) groups is 6. The van der Waals surface area contributed by atoms with Crippen LogP contribution < -0.4 is 32.7 Å². The van der Waals surface area contributed by atoms with Gasteiger partial charge in [-0.2, -0.15) is 0 Å². The van der Waals surface area contributed by atoms with E-state index in [0.29, 0.717) is 11.1 Å². The van der Waals surface area contributed by atoms with Crippen LogP contribution in [-0.2, 0) is 40.1 Å². The minimum Gasteiger partial charge on any atom is -0.459 e. The third-order valence-electron chi connectivity index (χ3n) is 7.99. The van der Waals surface area contributed by atoms with Crippen LogP contribution in [0.2, 0.25) is 0 Å². The Hall–Kier alpha value is -5.60. The normalized spacial score (nSPS) is 13.9. The molecule has 5 atom stereocenters. The second-order valence-corrected chi connectivity index (χ2v) is 12.4. The molecule has 0 aromatic heterocycles. The number of benzene rings is 3. The molecule has 5 amide bonds. The Balaban J connectivity index is 1.93. The van der Waals surface area contributed by atoms with Gasteiger partial charge in [0.1, 0.15) is 36.8 Å². The lowest BCUT2D eigenvalue weighted by atomic mass is 9.84. The third kappa shape index (κ3) is 12.0. The lowest BCUT2D eigenvalue weighted by molar-refractivity contribution is -0.149. The fraction of sp³-hybridized carbons (Fsp3) is 0.351.